The summed E-state index contributed by atoms with van der Waals surface area (Å²) >= 11 is 8.71. The van der Waals surface area contributed by atoms with Gasteiger partial charge in [0.05, 0.1) is 11.5 Å². The number of carbonyl (C=O) groups is 1. The molecule has 1 aromatic carbocycles. The summed E-state index contributed by atoms with van der Waals surface area (Å²) in [5.74, 6) is -0.0975. The highest BCUT2D eigenvalue weighted by Crippen LogP contribution is 2.35. The lowest BCUT2D eigenvalue weighted by molar-refractivity contribution is -0.114. The molecule has 1 heterocycles. The number of nitrogens with one attached hydrogen (secondary N) is 1. The lowest BCUT2D eigenvalue weighted by Crippen LogP contribution is -2.05. The molecule has 2 aromatic rings. The Hall–Kier alpha value is -1.08. The maximum absolute atomic E-state index is 10.9. The van der Waals surface area contributed by atoms with E-state index in [-0.39, 0.29) is 12.5 Å². The summed E-state index contributed by atoms with van der Waals surface area (Å²) < 4.78 is 0.779. The van der Waals surface area contributed by atoms with Gasteiger partial charge in [0.1, 0.15) is 5.15 Å². The third-order valence-electron chi connectivity index (χ3n) is 2.15. The van der Waals surface area contributed by atoms with Crippen LogP contribution in [0.15, 0.2) is 33.5 Å². The molecule has 19 heavy (non-hydrogen) atoms. The lowest BCUT2D eigenvalue weighted by atomic mass is 10.3. The van der Waals surface area contributed by atoms with Gasteiger partial charge in [0.25, 0.3) is 0 Å². The lowest BCUT2D eigenvalue weighted by Gasteiger charge is -2.02. The minimum atomic E-state index is -0.0987. The van der Waals surface area contributed by atoms with E-state index in [1.165, 1.54) is 30.0 Å². The normalized spacial score (nSPS) is 10.5. The second kappa shape index (κ2) is 6.38. The van der Waals surface area contributed by atoms with E-state index >= 15 is 0 Å². The molecule has 0 saturated heterocycles. The molecule has 0 atom stereocenters. The zero-order chi connectivity index (χ0) is 13.8. The number of amides is 1. The number of aromatic nitrogens is 1. The van der Waals surface area contributed by atoms with Crippen molar-refractivity contribution >= 4 is 46.3 Å². The van der Waals surface area contributed by atoms with Crippen molar-refractivity contribution in [2.24, 2.45) is 0 Å². The number of aliphatic hydroxyl groups excluding tert-OH is 1. The summed E-state index contributed by atoms with van der Waals surface area (Å²) in [6.07, 6.45) is 0. The number of benzene rings is 1. The maximum Gasteiger partial charge on any atom is 0.221 e. The van der Waals surface area contributed by atoms with E-state index in [2.05, 4.69) is 10.3 Å². The second-order valence-corrected chi connectivity index (χ2v) is 6.42. The van der Waals surface area contributed by atoms with E-state index in [1.807, 2.05) is 24.3 Å². The Morgan fingerprint density at radius 2 is 2.16 bits per heavy atom. The Bertz CT molecular complexity index is 584. The van der Waals surface area contributed by atoms with Gasteiger partial charge in [-0.15, -0.1) is 11.3 Å². The number of nitrogens with zero attached hydrogens (tertiary/aromatic N) is 1. The molecule has 1 aromatic heterocycles. The van der Waals surface area contributed by atoms with Crippen molar-refractivity contribution in [3.05, 3.63) is 34.3 Å². The van der Waals surface area contributed by atoms with Crippen LogP contribution in [-0.4, -0.2) is 16.0 Å². The van der Waals surface area contributed by atoms with Crippen LogP contribution in [0.2, 0.25) is 5.15 Å². The first-order valence-electron chi connectivity index (χ1n) is 5.40. The van der Waals surface area contributed by atoms with Crippen molar-refractivity contribution in [2.75, 3.05) is 5.32 Å². The van der Waals surface area contributed by atoms with Crippen LogP contribution in [0.1, 0.15) is 11.8 Å². The number of carbonyl (C=O) groups excluding carboxylic acids is 1. The first-order valence-corrected chi connectivity index (χ1v) is 7.41. The van der Waals surface area contributed by atoms with Gasteiger partial charge in [0.2, 0.25) is 5.91 Å². The molecule has 0 aliphatic rings. The van der Waals surface area contributed by atoms with Crippen LogP contribution < -0.4 is 5.32 Å². The molecule has 0 spiro atoms. The predicted molar refractivity (Wildman–Crippen MR) is 77.9 cm³/mol. The molecular weight excluding hydrogens is 304 g/mol. The summed E-state index contributed by atoms with van der Waals surface area (Å²) in [5, 5.41) is 12.1. The molecule has 4 nitrogen and oxygen atoms in total. The molecule has 0 unspecified atom stereocenters. The zero-order valence-electron chi connectivity index (χ0n) is 10.0. The van der Waals surface area contributed by atoms with Crippen molar-refractivity contribution in [3.8, 4) is 0 Å². The second-order valence-electron chi connectivity index (χ2n) is 3.66. The van der Waals surface area contributed by atoms with E-state index in [0.717, 1.165) is 14.9 Å². The molecular formula is C12H11ClN2O2S2. The van der Waals surface area contributed by atoms with Crippen molar-refractivity contribution < 1.29 is 9.90 Å². The van der Waals surface area contributed by atoms with Gasteiger partial charge >= 0.3 is 0 Å². The van der Waals surface area contributed by atoms with Gasteiger partial charge < -0.3 is 10.4 Å². The average Bonchev–Trinajstić information content (AvgIpc) is 2.71. The number of halogens is 1. The number of hydrogen-bond acceptors (Lipinski definition) is 5. The zero-order valence-corrected chi connectivity index (χ0v) is 12.4. The molecule has 0 radical (unpaired) electrons. The summed E-state index contributed by atoms with van der Waals surface area (Å²) in [4.78, 5) is 16.7. The summed E-state index contributed by atoms with van der Waals surface area (Å²) in [6, 6.07) is 7.44. The molecule has 0 saturated carbocycles. The number of hydrogen-bond donors (Lipinski definition) is 2. The molecule has 1 amide bonds. The maximum atomic E-state index is 10.9. The van der Waals surface area contributed by atoms with Crippen molar-refractivity contribution in [1.82, 2.24) is 4.98 Å². The minimum Gasteiger partial charge on any atom is -0.391 e. The van der Waals surface area contributed by atoms with Gasteiger partial charge in [-0.05, 0) is 24.3 Å². The minimum absolute atomic E-state index is 0.0975. The first-order chi connectivity index (χ1) is 9.08. The van der Waals surface area contributed by atoms with Crippen molar-refractivity contribution in [1.29, 1.82) is 0 Å². The number of thiazole rings is 1. The molecule has 0 bridgehead atoms. The highest BCUT2D eigenvalue weighted by Gasteiger charge is 2.09. The van der Waals surface area contributed by atoms with Gasteiger partial charge in [-0.25, -0.2) is 4.98 Å². The average molecular weight is 315 g/mol. The fourth-order valence-corrected chi connectivity index (χ4v) is 3.63. The van der Waals surface area contributed by atoms with Gasteiger partial charge in [0.15, 0.2) is 4.34 Å². The van der Waals surface area contributed by atoms with E-state index in [1.54, 1.807) is 0 Å². The van der Waals surface area contributed by atoms with Crippen LogP contribution in [0.5, 0.6) is 0 Å². The molecule has 0 aliphatic carbocycles. The van der Waals surface area contributed by atoms with Crippen LogP contribution in [0, 0.1) is 0 Å². The van der Waals surface area contributed by atoms with Crippen molar-refractivity contribution in [2.45, 2.75) is 22.8 Å². The van der Waals surface area contributed by atoms with Crippen LogP contribution >= 0.6 is 34.7 Å². The number of anilines is 1. The summed E-state index contributed by atoms with van der Waals surface area (Å²) in [6.45, 7) is 1.37. The predicted octanol–water partition coefficient (Wildman–Crippen LogP) is 3.40. The third-order valence-corrected chi connectivity index (χ3v) is 4.69. The quantitative estimate of drug-likeness (QED) is 0.908. The molecule has 0 fully saturated rings. The smallest absolute Gasteiger partial charge is 0.221 e. The Morgan fingerprint density at radius 1 is 1.47 bits per heavy atom. The van der Waals surface area contributed by atoms with Crippen LogP contribution in [0.25, 0.3) is 0 Å². The first kappa shape index (κ1) is 14.3. The van der Waals surface area contributed by atoms with Gasteiger partial charge in [0, 0.05) is 17.5 Å². The summed E-state index contributed by atoms with van der Waals surface area (Å²) in [5.41, 5.74) is 0.755. The van der Waals surface area contributed by atoms with Gasteiger partial charge in [-0.1, -0.05) is 23.4 Å². The van der Waals surface area contributed by atoms with E-state index < -0.39 is 0 Å². The highest BCUT2D eigenvalue weighted by molar-refractivity contribution is 8.01. The van der Waals surface area contributed by atoms with Crippen LogP contribution in [0.4, 0.5) is 5.69 Å². The fraction of sp³-hybridized carbons (Fsp3) is 0.167. The number of aliphatic hydroxyl groups is 1. The Labute approximate surface area is 123 Å². The standard InChI is InChI=1S/C12H11ClN2O2S2/c1-7(17)14-8-2-4-9(5-3-8)18-12-15-11(13)10(6-16)19-12/h2-5,16H,6H2,1H3,(H,14,17). The molecule has 7 heteroatoms. The molecule has 100 valence electrons. The van der Waals surface area contributed by atoms with Crippen LogP contribution in [0.3, 0.4) is 0 Å². The fourth-order valence-electron chi connectivity index (χ4n) is 1.36. The van der Waals surface area contributed by atoms with E-state index in [0.29, 0.717) is 10.0 Å². The largest absolute Gasteiger partial charge is 0.391 e. The van der Waals surface area contributed by atoms with E-state index in [4.69, 9.17) is 16.7 Å². The van der Waals surface area contributed by atoms with Gasteiger partial charge in [-0.2, -0.15) is 0 Å². The third kappa shape index (κ3) is 3.94. The van der Waals surface area contributed by atoms with Crippen LogP contribution in [-0.2, 0) is 11.4 Å². The van der Waals surface area contributed by atoms with Gasteiger partial charge in [-0.3, -0.25) is 4.79 Å². The SMILES string of the molecule is CC(=O)Nc1ccc(Sc2nc(Cl)c(CO)s2)cc1. The molecule has 2 rings (SSSR count). The Morgan fingerprint density at radius 3 is 2.68 bits per heavy atom. The van der Waals surface area contributed by atoms with Crippen molar-refractivity contribution in [3.63, 3.8) is 0 Å². The Kier molecular flexibility index (Phi) is 4.81. The molecule has 0 aliphatic heterocycles. The Balaban J connectivity index is 2.08. The highest BCUT2D eigenvalue weighted by atomic mass is 35.5. The summed E-state index contributed by atoms with van der Waals surface area (Å²) in [7, 11) is 0. The monoisotopic (exact) mass is 314 g/mol. The van der Waals surface area contributed by atoms with E-state index in [9.17, 15) is 4.79 Å². The number of rotatable bonds is 4. The topological polar surface area (TPSA) is 62.2 Å². The molecule has 2 N–H and O–H groups in total.